The van der Waals surface area contributed by atoms with Crippen LogP contribution in [0.4, 0.5) is 0 Å². The Morgan fingerprint density at radius 2 is 1.44 bits per heavy atom. The van der Waals surface area contributed by atoms with Crippen LogP contribution in [0.25, 0.3) is 0 Å². The Hall–Kier alpha value is -1.97. The molecule has 0 heterocycles. The van der Waals surface area contributed by atoms with Gasteiger partial charge < -0.3 is 0 Å². The molecule has 25 heavy (non-hydrogen) atoms. The summed E-state index contributed by atoms with van der Waals surface area (Å²) in [5, 5.41) is 0. The zero-order valence-corrected chi connectivity index (χ0v) is 16.2. The van der Waals surface area contributed by atoms with Gasteiger partial charge in [0, 0.05) is 25.8 Å². The minimum atomic E-state index is 0.0663. The zero-order chi connectivity index (χ0) is 17.8. The predicted molar refractivity (Wildman–Crippen MR) is 108 cm³/mol. The van der Waals surface area contributed by atoms with Crippen LogP contribution in [0.1, 0.15) is 27.0 Å². The lowest BCUT2D eigenvalue weighted by molar-refractivity contribution is 0.103. The van der Waals surface area contributed by atoms with Gasteiger partial charge in [-0.05, 0) is 49.4 Å². The molecular weight excluding hydrogens is 344 g/mol. The molecular formula is C22H20OS2. The van der Waals surface area contributed by atoms with Gasteiger partial charge in [0.25, 0.3) is 0 Å². The van der Waals surface area contributed by atoms with E-state index in [1.807, 2.05) is 42.5 Å². The van der Waals surface area contributed by atoms with Crippen molar-refractivity contribution in [3.05, 3.63) is 89.0 Å². The lowest BCUT2D eigenvalue weighted by Crippen LogP contribution is -2.01. The Kier molecular flexibility index (Phi) is 5.67. The van der Waals surface area contributed by atoms with Gasteiger partial charge in [0.15, 0.2) is 5.78 Å². The minimum Gasteiger partial charge on any atom is -0.289 e. The van der Waals surface area contributed by atoms with Crippen molar-refractivity contribution in [1.82, 2.24) is 0 Å². The van der Waals surface area contributed by atoms with Gasteiger partial charge in [-0.2, -0.15) is 0 Å². The summed E-state index contributed by atoms with van der Waals surface area (Å²) in [5.74, 6) is 0.0663. The summed E-state index contributed by atoms with van der Waals surface area (Å²) in [6.45, 7) is 4.26. The number of ketones is 1. The van der Waals surface area contributed by atoms with Gasteiger partial charge in [-0.3, -0.25) is 4.79 Å². The molecule has 0 radical (unpaired) electrons. The third-order valence-corrected chi connectivity index (χ3v) is 6.41. The summed E-state index contributed by atoms with van der Waals surface area (Å²) in [4.78, 5) is 16.4. The molecule has 3 rings (SSSR count). The van der Waals surface area contributed by atoms with Crippen LogP contribution in [-0.4, -0.2) is 12.0 Å². The van der Waals surface area contributed by atoms with Gasteiger partial charge in [-0.15, -0.1) is 11.8 Å². The number of aryl methyl sites for hydroxylation is 2. The van der Waals surface area contributed by atoms with Crippen molar-refractivity contribution in [2.75, 3.05) is 6.26 Å². The highest BCUT2D eigenvalue weighted by molar-refractivity contribution is 8.02. The molecule has 0 unspecified atom stereocenters. The maximum atomic E-state index is 12.8. The molecule has 0 fully saturated rings. The van der Waals surface area contributed by atoms with Gasteiger partial charge in [-0.1, -0.05) is 60.3 Å². The number of carbonyl (C=O) groups excluding carboxylic acids is 1. The first-order chi connectivity index (χ1) is 12.1. The molecule has 0 saturated carbocycles. The molecule has 0 atom stereocenters. The first kappa shape index (κ1) is 17.8. The van der Waals surface area contributed by atoms with Crippen molar-refractivity contribution in [3.8, 4) is 0 Å². The standard InChI is InChI=1S/C22H20OS2/c1-15-8-7-9-16(2)22(15)25-20-14-18(12-13-19(20)24-3)21(23)17-10-5-4-6-11-17/h4-14H,1-3H3. The van der Waals surface area contributed by atoms with Crippen molar-refractivity contribution < 1.29 is 4.79 Å². The van der Waals surface area contributed by atoms with Gasteiger partial charge >= 0.3 is 0 Å². The van der Waals surface area contributed by atoms with Crippen LogP contribution in [-0.2, 0) is 0 Å². The van der Waals surface area contributed by atoms with E-state index in [1.165, 1.54) is 20.9 Å². The molecule has 3 aromatic carbocycles. The monoisotopic (exact) mass is 364 g/mol. The Morgan fingerprint density at radius 1 is 0.760 bits per heavy atom. The average Bonchev–Trinajstić information content (AvgIpc) is 2.65. The second kappa shape index (κ2) is 7.94. The molecule has 0 spiro atoms. The highest BCUT2D eigenvalue weighted by atomic mass is 32.2. The van der Waals surface area contributed by atoms with Crippen molar-refractivity contribution in [2.24, 2.45) is 0 Å². The molecule has 3 heteroatoms. The van der Waals surface area contributed by atoms with Gasteiger partial charge in [0.1, 0.15) is 0 Å². The molecule has 0 N–H and O–H groups in total. The minimum absolute atomic E-state index is 0.0663. The summed E-state index contributed by atoms with van der Waals surface area (Å²) >= 11 is 3.46. The van der Waals surface area contributed by atoms with E-state index in [2.05, 4.69) is 44.4 Å². The van der Waals surface area contributed by atoms with E-state index in [1.54, 1.807) is 23.5 Å². The van der Waals surface area contributed by atoms with E-state index in [9.17, 15) is 4.79 Å². The number of carbonyl (C=O) groups is 1. The Balaban J connectivity index is 2.00. The van der Waals surface area contributed by atoms with Crippen LogP contribution in [0, 0.1) is 13.8 Å². The van der Waals surface area contributed by atoms with E-state index < -0.39 is 0 Å². The Bertz CT molecular complexity index is 881. The fourth-order valence-electron chi connectivity index (χ4n) is 2.72. The third kappa shape index (κ3) is 4.00. The van der Waals surface area contributed by atoms with Gasteiger partial charge in [0.2, 0.25) is 0 Å². The van der Waals surface area contributed by atoms with Crippen LogP contribution in [0.2, 0.25) is 0 Å². The second-order valence-corrected chi connectivity index (χ2v) is 7.78. The molecule has 126 valence electrons. The van der Waals surface area contributed by atoms with E-state index >= 15 is 0 Å². The van der Waals surface area contributed by atoms with Crippen molar-refractivity contribution in [2.45, 2.75) is 28.5 Å². The fourth-order valence-corrected chi connectivity index (χ4v) is 4.60. The van der Waals surface area contributed by atoms with E-state index in [4.69, 9.17) is 0 Å². The Labute approximate surface area is 157 Å². The molecule has 1 nitrogen and oxygen atoms in total. The van der Waals surface area contributed by atoms with Crippen molar-refractivity contribution in [1.29, 1.82) is 0 Å². The lowest BCUT2D eigenvalue weighted by atomic mass is 10.0. The van der Waals surface area contributed by atoms with Crippen molar-refractivity contribution >= 4 is 29.3 Å². The molecule has 0 aliphatic heterocycles. The summed E-state index contributed by atoms with van der Waals surface area (Å²) in [6.07, 6.45) is 2.07. The number of hydrogen-bond donors (Lipinski definition) is 0. The normalized spacial score (nSPS) is 10.7. The number of rotatable bonds is 5. The number of thioether (sulfide) groups is 1. The molecule has 0 aliphatic rings. The fraction of sp³-hybridized carbons (Fsp3) is 0.136. The maximum Gasteiger partial charge on any atom is 0.193 e. The third-order valence-electron chi connectivity index (χ3n) is 4.08. The topological polar surface area (TPSA) is 17.1 Å². The predicted octanol–water partition coefficient (Wildman–Crippen LogP) is 6.41. The SMILES string of the molecule is CSc1ccc(C(=O)c2ccccc2)cc1Sc1c(C)cccc1C. The molecule has 0 amide bonds. The molecule has 0 aromatic heterocycles. The zero-order valence-electron chi connectivity index (χ0n) is 14.6. The second-order valence-electron chi connectivity index (χ2n) is 5.88. The maximum absolute atomic E-state index is 12.8. The van der Waals surface area contributed by atoms with E-state index in [-0.39, 0.29) is 5.78 Å². The quantitative estimate of drug-likeness (QED) is 0.385. The summed E-state index contributed by atoms with van der Waals surface area (Å²) in [7, 11) is 0. The average molecular weight is 365 g/mol. The number of hydrogen-bond acceptors (Lipinski definition) is 3. The van der Waals surface area contributed by atoms with Crippen LogP contribution >= 0.6 is 23.5 Å². The highest BCUT2D eigenvalue weighted by Crippen LogP contribution is 2.38. The van der Waals surface area contributed by atoms with Gasteiger partial charge in [-0.25, -0.2) is 0 Å². The van der Waals surface area contributed by atoms with Crippen molar-refractivity contribution in [3.63, 3.8) is 0 Å². The van der Waals surface area contributed by atoms with Crippen LogP contribution in [0.5, 0.6) is 0 Å². The van der Waals surface area contributed by atoms with Gasteiger partial charge in [0.05, 0.1) is 0 Å². The highest BCUT2D eigenvalue weighted by Gasteiger charge is 2.14. The first-order valence-corrected chi connectivity index (χ1v) is 10.2. The molecule has 0 aliphatic carbocycles. The summed E-state index contributed by atoms with van der Waals surface area (Å²) < 4.78 is 0. The largest absolute Gasteiger partial charge is 0.289 e. The summed E-state index contributed by atoms with van der Waals surface area (Å²) in [5.41, 5.74) is 3.98. The van der Waals surface area contributed by atoms with Crippen LogP contribution < -0.4 is 0 Å². The number of benzene rings is 3. The molecule has 0 saturated heterocycles. The Morgan fingerprint density at radius 3 is 2.08 bits per heavy atom. The van der Waals surface area contributed by atoms with Crippen LogP contribution in [0.15, 0.2) is 81.4 Å². The van der Waals surface area contributed by atoms with E-state index in [0.29, 0.717) is 0 Å². The van der Waals surface area contributed by atoms with Crippen LogP contribution in [0.3, 0.4) is 0 Å². The molecule has 3 aromatic rings. The first-order valence-electron chi connectivity index (χ1n) is 8.12. The molecule has 0 bridgehead atoms. The van der Waals surface area contributed by atoms with E-state index in [0.717, 1.165) is 16.0 Å². The smallest absolute Gasteiger partial charge is 0.193 e. The summed E-state index contributed by atoms with van der Waals surface area (Å²) in [6, 6.07) is 21.8. The lowest BCUT2D eigenvalue weighted by Gasteiger charge is -2.13.